The normalized spacial score (nSPS) is 10.8. The molecule has 0 saturated heterocycles. The topological polar surface area (TPSA) is 101 Å². The molecule has 0 spiro atoms. The maximum absolute atomic E-state index is 14.4. The van der Waals surface area contributed by atoms with Gasteiger partial charge in [0.2, 0.25) is 5.91 Å². The van der Waals surface area contributed by atoms with Crippen molar-refractivity contribution in [3.63, 3.8) is 0 Å². The summed E-state index contributed by atoms with van der Waals surface area (Å²) in [5.41, 5.74) is 2.97. The Balaban J connectivity index is 1.59. The van der Waals surface area contributed by atoms with Gasteiger partial charge in [-0.3, -0.25) is 14.7 Å². The highest BCUT2D eigenvalue weighted by Crippen LogP contribution is 2.33. The highest BCUT2D eigenvalue weighted by molar-refractivity contribution is 5.74. The van der Waals surface area contributed by atoms with Crippen molar-refractivity contribution in [3.8, 4) is 16.9 Å². The molecule has 0 atom stereocenters. The molecule has 2 heterocycles. The van der Waals surface area contributed by atoms with Gasteiger partial charge in [0.05, 0.1) is 25.2 Å². The van der Waals surface area contributed by atoms with Crippen LogP contribution in [0, 0.1) is 11.6 Å². The Morgan fingerprint density at radius 1 is 1.12 bits per heavy atom. The molecule has 0 bridgehead atoms. The number of aromatic nitrogens is 3. The molecule has 0 radical (unpaired) electrons. The molecule has 0 unspecified atom stereocenters. The predicted molar refractivity (Wildman–Crippen MR) is 115 cm³/mol. The number of carbonyl (C=O) groups excluding carboxylic acids is 1. The van der Waals surface area contributed by atoms with E-state index >= 15 is 0 Å². The van der Waals surface area contributed by atoms with Crippen molar-refractivity contribution in [2.45, 2.75) is 38.6 Å². The van der Waals surface area contributed by atoms with E-state index in [1.165, 1.54) is 31.4 Å². The van der Waals surface area contributed by atoms with Crippen LogP contribution in [0.15, 0.2) is 42.9 Å². The quantitative estimate of drug-likeness (QED) is 0.229. The van der Waals surface area contributed by atoms with E-state index in [0.29, 0.717) is 30.0 Å². The number of hydrogen-bond donors (Lipinski definition) is 3. The summed E-state index contributed by atoms with van der Waals surface area (Å²) in [4.78, 5) is 15.0. The molecule has 0 fully saturated rings. The lowest BCUT2D eigenvalue weighted by atomic mass is 10.0. The van der Waals surface area contributed by atoms with Crippen LogP contribution in [0.4, 0.5) is 20.3 Å². The molecule has 0 saturated carbocycles. The van der Waals surface area contributed by atoms with Crippen molar-refractivity contribution >= 4 is 17.4 Å². The second-order valence-electron chi connectivity index (χ2n) is 7.21. The summed E-state index contributed by atoms with van der Waals surface area (Å²) >= 11 is 0. The lowest BCUT2D eigenvalue weighted by molar-refractivity contribution is -0.129. The molecular formula is C22H25F2N5O3. The summed E-state index contributed by atoms with van der Waals surface area (Å²) in [7, 11) is 1.40. The Morgan fingerprint density at radius 2 is 1.94 bits per heavy atom. The summed E-state index contributed by atoms with van der Waals surface area (Å²) in [6, 6.07) is 5.44. The molecular weight excluding hydrogens is 420 g/mol. The molecule has 170 valence electrons. The number of rotatable bonds is 11. The smallest absolute Gasteiger partial charge is 0.243 e. The first-order chi connectivity index (χ1) is 15.5. The molecule has 3 rings (SSSR count). The third-order valence-corrected chi connectivity index (χ3v) is 4.88. The van der Waals surface area contributed by atoms with Gasteiger partial charge in [-0.15, -0.1) is 0 Å². The monoisotopic (exact) mass is 445 g/mol. The third kappa shape index (κ3) is 6.24. The first kappa shape index (κ1) is 23.1. The number of hydroxylamine groups is 1. The summed E-state index contributed by atoms with van der Waals surface area (Å²) in [6.07, 6.45) is 8.31. The van der Waals surface area contributed by atoms with Gasteiger partial charge in [0.25, 0.3) is 0 Å². The van der Waals surface area contributed by atoms with E-state index in [2.05, 4.69) is 15.4 Å². The Bertz CT molecular complexity index is 1060. The molecule has 10 heteroatoms. The van der Waals surface area contributed by atoms with E-state index < -0.39 is 11.6 Å². The minimum atomic E-state index is -0.548. The highest BCUT2D eigenvalue weighted by atomic mass is 19.1. The maximum Gasteiger partial charge on any atom is 0.243 e. The number of nitrogens with zero attached hydrogens (tertiary/aromatic N) is 3. The summed E-state index contributed by atoms with van der Waals surface area (Å²) in [5.74, 6) is -0.752. The average Bonchev–Trinajstić information content (AvgIpc) is 3.24. The fraction of sp³-hybridized carbons (Fsp3) is 0.318. The zero-order chi connectivity index (χ0) is 22.9. The van der Waals surface area contributed by atoms with Crippen LogP contribution in [0.3, 0.4) is 0 Å². The number of benzene rings is 1. The molecule has 3 aromatic rings. The summed E-state index contributed by atoms with van der Waals surface area (Å²) in [5, 5.41) is 15.9. The Morgan fingerprint density at radius 3 is 2.72 bits per heavy atom. The number of pyridine rings is 1. The second kappa shape index (κ2) is 11.2. The number of carbonyl (C=O) groups is 1. The standard InChI is InChI=1S/C22H25F2N5O3/c1-32-20-10-15(23)7-8-17(20)18-11-21(25-13-19(18)24)27-16-12-26-29(14-16)9-5-3-2-4-6-22(30)28-31/h7-8,10-14,31H,2-6,9H2,1H3,(H,25,27)(H,28,30). The highest BCUT2D eigenvalue weighted by Gasteiger charge is 2.14. The van der Waals surface area contributed by atoms with Gasteiger partial charge < -0.3 is 10.1 Å². The van der Waals surface area contributed by atoms with Crippen molar-refractivity contribution in [1.29, 1.82) is 0 Å². The number of methoxy groups -OCH3 is 1. The Kier molecular flexibility index (Phi) is 8.09. The van der Waals surface area contributed by atoms with Crippen LogP contribution in [0.25, 0.3) is 11.1 Å². The number of aryl methyl sites for hydroxylation is 1. The molecule has 1 amide bonds. The van der Waals surface area contributed by atoms with Crippen LogP contribution < -0.4 is 15.5 Å². The molecule has 0 aliphatic rings. The van der Waals surface area contributed by atoms with E-state index in [1.54, 1.807) is 16.4 Å². The van der Waals surface area contributed by atoms with Gasteiger partial charge in [-0.1, -0.05) is 12.8 Å². The van der Waals surface area contributed by atoms with Crippen molar-refractivity contribution in [3.05, 3.63) is 54.5 Å². The lowest BCUT2D eigenvalue weighted by Gasteiger charge is -2.11. The van der Waals surface area contributed by atoms with E-state index in [-0.39, 0.29) is 17.2 Å². The molecule has 0 aliphatic heterocycles. The molecule has 2 aromatic heterocycles. The van der Waals surface area contributed by atoms with Gasteiger partial charge >= 0.3 is 0 Å². The lowest BCUT2D eigenvalue weighted by Crippen LogP contribution is -2.17. The molecule has 0 aliphatic carbocycles. The third-order valence-electron chi connectivity index (χ3n) is 4.88. The molecule has 32 heavy (non-hydrogen) atoms. The van der Waals surface area contributed by atoms with Gasteiger partial charge in [-0.05, 0) is 31.0 Å². The second-order valence-corrected chi connectivity index (χ2v) is 7.21. The maximum atomic E-state index is 14.4. The zero-order valence-corrected chi connectivity index (χ0v) is 17.6. The molecule has 8 nitrogen and oxygen atoms in total. The first-order valence-corrected chi connectivity index (χ1v) is 10.2. The number of ether oxygens (including phenoxy) is 1. The van der Waals surface area contributed by atoms with Crippen molar-refractivity contribution < 1.29 is 23.5 Å². The average molecular weight is 445 g/mol. The van der Waals surface area contributed by atoms with Crippen LogP contribution in [-0.4, -0.2) is 33.0 Å². The van der Waals surface area contributed by atoms with Gasteiger partial charge in [-0.25, -0.2) is 19.2 Å². The van der Waals surface area contributed by atoms with Crippen LogP contribution in [0.2, 0.25) is 0 Å². The van der Waals surface area contributed by atoms with Crippen LogP contribution >= 0.6 is 0 Å². The van der Waals surface area contributed by atoms with E-state index in [1.807, 2.05) is 6.20 Å². The van der Waals surface area contributed by atoms with Crippen LogP contribution in [0.1, 0.15) is 32.1 Å². The minimum Gasteiger partial charge on any atom is -0.496 e. The summed E-state index contributed by atoms with van der Waals surface area (Å²) < 4.78 is 34.9. The van der Waals surface area contributed by atoms with Gasteiger partial charge in [-0.2, -0.15) is 5.10 Å². The number of amides is 1. The van der Waals surface area contributed by atoms with E-state index in [4.69, 9.17) is 9.94 Å². The SMILES string of the molecule is COc1cc(F)ccc1-c1cc(Nc2cnn(CCCCCCC(=O)NO)c2)ncc1F. The van der Waals surface area contributed by atoms with Gasteiger partial charge in [0, 0.05) is 36.4 Å². The predicted octanol–water partition coefficient (Wildman–Crippen LogP) is 4.43. The molecule has 3 N–H and O–H groups in total. The van der Waals surface area contributed by atoms with Crippen molar-refractivity contribution in [2.24, 2.45) is 0 Å². The number of unbranched alkanes of at least 4 members (excludes halogenated alkanes) is 3. The fourth-order valence-electron chi connectivity index (χ4n) is 3.27. The number of halogens is 2. The van der Waals surface area contributed by atoms with Crippen molar-refractivity contribution in [1.82, 2.24) is 20.2 Å². The summed E-state index contributed by atoms with van der Waals surface area (Å²) in [6.45, 7) is 0.711. The fourth-order valence-corrected chi connectivity index (χ4v) is 3.27. The van der Waals surface area contributed by atoms with Crippen molar-refractivity contribution in [2.75, 3.05) is 12.4 Å². The Labute approximate surface area is 184 Å². The van der Waals surface area contributed by atoms with E-state index in [0.717, 1.165) is 31.9 Å². The minimum absolute atomic E-state index is 0.228. The largest absolute Gasteiger partial charge is 0.496 e. The first-order valence-electron chi connectivity index (χ1n) is 10.2. The number of anilines is 2. The number of nitrogens with one attached hydrogen (secondary N) is 2. The van der Waals surface area contributed by atoms with Crippen LogP contribution in [0.5, 0.6) is 5.75 Å². The van der Waals surface area contributed by atoms with Gasteiger partial charge in [0.15, 0.2) is 0 Å². The number of hydrogen-bond acceptors (Lipinski definition) is 6. The van der Waals surface area contributed by atoms with E-state index in [9.17, 15) is 13.6 Å². The van der Waals surface area contributed by atoms with Gasteiger partial charge in [0.1, 0.15) is 23.2 Å². The Hall–Kier alpha value is -3.53. The van der Waals surface area contributed by atoms with Crippen LogP contribution in [-0.2, 0) is 11.3 Å². The molecule has 1 aromatic carbocycles. The zero-order valence-electron chi connectivity index (χ0n) is 17.6.